The monoisotopic (exact) mass is 431 g/mol. The van der Waals surface area contributed by atoms with Crippen LogP contribution in [0.5, 0.6) is 0 Å². The Morgan fingerprint density at radius 2 is 1.46 bits per heavy atom. The standard InChI is InChI=1S/C21H38NO4PS/c1-21(2,3)26-20(24)22-18(19(23)25-4)15-27(28,16-11-7-5-8-12-16)17-13-9-6-10-14-17/h16-18H,5-15H2,1-4H3,(H,22,24)/t18-/m1/s1. The van der Waals surface area contributed by atoms with E-state index in [1.165, 1.54) is 71.3 Å². The number of amides is 1. The molecule has 28 heavy (non-hydrogen) atoms. The number of carbonyl (C=O) groups is 2. The summed E-state index contributed by atoms with van der Waals surface area (Å²) in [4.78, 5) is 24.9. The maximum atomic E-state index is 12.5. The average Bonchev–Trinajstić information content (AvgIpc) is 2.66. The molecular formula is C21H38NO4PS. The van der Waals surface area contributed by atoms with Crippen LogP contribution >= 0.6 is 6.04 Å². The molecule has 7 heteroatoms. The molecule has 1 N–H and O–H groups in total. The van der Waals surface area contributed by atoms with Crippen LogP contribution in [-0.4, -0.2) is 48.3 Å². The van der Waals surface area contributed by atoms with Crippen LogP contribution in [0.15, 0.2) is 0 Å². The minimum atomic E-state index is -1.84. The van der Waals surface area contributed by atoms with Gasteiger partial charge in [0.2, 0.25) is 0 Å². The van der Waals surface area contributed by atoms with E-state index in [2.05, 4.69) is 5.32 Å². The van der Waals surface area contributed by atoms with E-state index >= 15 is 0 Å². The van der Waals surface area contributed by atoms with Crippen LogP contribution in [0.25, 0.3) is 0 Å². The van der Waals surface area contributed by atoms with Gasteiger partial charge in [0.05, 0.1) is 7.11 Å². The third-order valence-corrected chi connectivity index (χ3v) is 12.7. The molecular weight excluding hydrogens is 393 g/mol. The van der Waals surface area contributed by atoms with E-state index in [1.807, 2.05) is 20.8 Å². The Labute approximate surface area is 175 Å². The van der Waals surface area contributed by atoms with E-state index in [1.54, 1.807) is 0 Å². The van der Waals surface area contributed by atoms with Gasteiger partial charge >= 0.3 is 12.1 Å². The molecule has 0 heterocycles. The largest absolute Gasteiger partial charge is 0.467 e. The average molecular weight is 432 g/mol. The van der Waals surface area contributed by atoms with Crippen LogP contribution in [-0.2, 0) is 26.1 Å². The van der Waals surface area contributed by atoms with Gasteiger partial charge in [0.15, 0.2) is 0 Å². The SMILES string of the molecule is COC(=O)[C@@H](CP(=S)(C1CCCCC1)C1CCCCC1)NC(=O)OC(C)(C)C. The van der Waals surface area contributed by atoms with Crippen LogP contribution < -0.4 is 5.32 Å². The number of methoxy groups -OCH3 is 1. The minimum absolute atomic E-state index is 0.410. The molecule has 0 aliphatic heterocycles. The van der Waals surface area contributed by atoms with Crippen molar-refractivity contribution < 1.29 is 19.1 Å². The number of carbonyl (C=O) groups excluding carboxylic acids is 2. The minimum Gasteiger partial charge on any atom is -0.467 e. The van der Waals surface area contributed by atoms with Crippen LogP contribution in [0.1, 0.15) is 85.0 Å². The number of alkyl carbamates (subject to hydrolysis) is 1. The molecule has 2 rings (SSSR count). The second-order valence-electron chi connectivity index (χ2n) is 9.34. The van der Waals surface area contributed by atoms with Crippen LogP contribution in [0.3, 0.4) is 0 Å². The number of ether oxygens (including phenoxy) is 2. The van der Waals surface area contributed by atoms with E-state index in [0.29, 0.717) is 17.5 Å². The highest BCUT2D eigenvalue weighted by Gasteiger charge is 2.41. The molecule has 2 saturated carbocycles. The summed E-state index contributed by atoms with van der Waals surface area (Å²) in [7, 11) is 1.37. The van der Waals surface area contributed by atoms with Crippen molar-refractivity contribution in [2.45, 2.75) is 108 Å². The smallest absolute Gasteiger partial charge is 0.408 e. The molecule has 0 spiro atoms. The van der Waals surface area contributed by atoms with Crippen molar-refractivity contribution in [2.24, 2.45) is 0 Å². The maximum absolute atomic E-state index is 12.5. The van der Waals surface area contributed by atoms with Gasteiger partial charge < -0.3 is 14.8 Å². The molecule has 2 aliphatic rings. The molecule has 2 aliphatic carbocycles. The summed E-state index contributed by atoms with van der Waals surface area (Å²) in [5.41, 5.74) is 0.455. The van der Waals surface area contributed by atoms with E-state index in [4.69, 9.17) is 21.3 Å². The fraction of sp³-hybridized carbons (Fsp3) is 0.905. The first-order chi connectivity index (χ1) is 13.2. The number of esters is 1. The van der Waals surface area contributed by atoms with Gasteiger partial charge in [0, 0.05) is 6.16 Å². The molecule has 0 bridgehead atoms. The summed E-state index contributed by atoms with van der Waals surface area (Å²) in [6, 6.07) is -2.55. The Morgan fingerprint density at radius 1 is 1.00 bits per heavy atom. The molecule has 0 aromatic rings. The van der Waals surface area contributed by atoms with Crippen LogP contribution in [0.2, 0.25) is 0 Å². The molecule has 1 amide bonds. The van der Waals surface area contributed by atoms with Crippen molar-refractivity contribution in [1.82, 2.24) is 5.32 Å². The fourth-order valence-corrected chi connectivity index (χ4v) is 10.9. The Hall–Kier alpha value is -0.610. The lowest BCUT2D eigenvalue weighted by molar-refractivity contribution is -0.142. The van der Waals surface area contributed by atoms with Crippen LogP contribution in [0, 0.1) is 0 Å². The van der Waals surface area contributed by atoms with Gasteiger partial charge in [-0.1, -0.05) is 50.3 Å². The quantitative estimate of drug-likeness (QED) is 0.463. The second-order valence-corrected chi connectivity index (χ2v) is 14.9. The van der Waals surface area contributed by atoms with Gasteiger partial charge in [-0.3, -0.25) is 0 Å². The van der Waals surface area contributed by atoms with Gasteiger partial charge in [0.1, 0.15) is 11.6 Å². The predicted octanol–water partition coefficient (Wildman–Crippen LogP) is 5.20. The topological polar surface area (TPSA) is 64.6 Å². The van der Waals surface area contributed by atoms with Gasteiger partial charge in [-0.2, -0.15) is 0 Å². The zero-order valence-electron chi connectivity index (χ0n) is 18.0. The number of hydrogen-bond donors (Lipinski definition) is 1. The normalized spacial score (nSPS) is 21.0. The first-order valence-electron chi connectivity index (χ1n) is 10.8. The van der Waals surface area contributed by atoms with Gasteiger partial charge in [0.25, 0.3) is 0 Å². The molecule has 0 unspecified atom stereocenters. The molecule has 0 aromatic carbocycles. The van der Waals surface area contributed by atoms with E-state index < -0.39 is 29.7 Å². The Bertz CT molecular complexity index is 555. The van der Waals surface area contributed by atoms with Crippen LogP contribution in [0.4, 0.5) is 4.79 Å². The fourth-order valence-electron chi connectivity index (χ4n) is 4.69. The first-order valence-corrected chi connectivity index (χ1v) is 13.9. The Balaban J connectivity index is 2.22. The lowest BCUT2D eigenvalue weighted by atomic mass is 9.99. The maximum Gasteiger partial charge on any atom is 0.408 e. The zero-order valence-corrected chi connectivity index (χ0v) is 19.7. The summed E-state index contributed by atoms with van der Waals surface area (Å²) in [5, 5.41) is 2.78. The van der Waals surface area contributed by atoms with Crippen molar-refractivity contribution in [3.8, 4) is 0 Å². The Morgan fingerprint density at radius 3 is 1.86 bits per heavy atom. The van der Waals surface area contributed by atoms with Gasteiger partial charge in [-0.25, -0.2) is 9.59 Å². The summed E-state index contributed by atoms with van der Waals surface area (Å²) in [6.45, 7) is 5.44. The van der Waals surface area contributed by atoms with E-state index in [9.17, 15) is 9.59 Å². The summed E-state index contributed by atoms with van der Waals surface area (Å²) in [5.74, 6) is -0.410. The summed E-state index contributed by atoms with van der Waals surface area (Å²) in [6.07, 6.45) is 12.2. The number of rotatable bonds is 6. The summed E-state index contributed by atoms with van der Waals surface area (Å²) < 4.78 is 10.4. The van der Waals surface area contributed by atoms with E-state index in [0.717, 1.165) is 0 Å². The summed E-state index contributed by atoms with van der Waals surface area (Å²) >= 11 is 6.46. The third kappa shape index (κ3) is 6.73. The molecule has 162 valence electrons. The molecule has 1 atom stereocenters. The molecule has 0 radical (unpaired) electrons. The van der Waals surface area contributed by atoms with Crippen molar-refractivity contribution in [1.29, 1.82) is 0 Å². The lowest BCUT2D eigenvalue weighted by Gasteiger charge is -2.42. The number of nitrogens with one attached hydrogen (secondary N) is 1. The van der Waals surface area contributed by atoms with Crippen molar-refractivity contribution in [2.75, 3.05) is 13.3 Å². The highest BCUT2D eigenvalue weighted by Crippen LogP contribution is 2.63. The Kier molecular flexibility index (Phi) is 8.81. The number of hydrogen-bond acceptors (Lipinski definition) is 5. The highest BCUT2D eigenvalue weighted by atomic mass is 32.4. The van der Waals surface area contributed by atoms with Crippen molar-refractivity contribution in [3.63, 3.8) is 0 Å². The predicted molar refractivity (Wildman–Crippen MR) is 118 cm³/mol. The van der Waals surface area contributed by atoms with Crippen molar-refractivity contribution in [3.05, 3.63) is 0 Å². The van der Waals surface area contributed by atoms with E-state index in [-0.39, 0.29) is 0 Å². The second kappa shape index (κ2) is 10.4. The lowest BCUT2D eigenvalue weighted by Crippen LogP contribution is -2.47. The molecule has 0 saturated heterocycles. The highest BCUT2D eigenvalue weighted by molar-refractivity contribution is 8.15. The molecule has 5 nitrogen and oxygen atoms in total. The molecule has 2 fully saturated rings. The third-order valence-electron chi connectivity index (χ3n) is 6.03. The van der Waals surface area contributed by atoms with Crippen molar-refractivity contribution >= 4 is 29.9 Å². The molecule has 0 aromatic heterocycles. The van der Waals surface area contributed by atoms with Gasteiger partial charge in [-0.05, 0) is 63.8 Å². The zero-order chi connectivity index (χ0) is 20.8. The first kappa shape index (κ1) is 23.7. The van der Waals surface area contributed by atoms with Gasteiger partial charge in [-0.15, -0.1) is 0 Å².